The first-order chi connectivity index (χ1) is 9.31. The highest BCUT2D eigenvalue weighted by atomic mass is 79.9. The van der Waals surface area contributed by atoms with Crippen LogP contribution in [0.3, 0.4) is 0 Å². The minimum Gasteiger partial charge on any atom is -0.502 e. The van der Waals surface area contributed by atoms with Crippen LogP contribution in [0.25, 0.3) is 0 Å². The summed E-state index contributed by atoms with van der Waals surface area (Å²) in [6.07, 6.45) is 0.995. The van der Waals surface area contributed by atoms with Crippen molar-refractivity contribution in [1.29, 1.82) is 0 Å². The number of aromatic hydroxyl groups is 1. The molecular formula is C8H7BrN6O5. The van der Waals surface area contributed by atoms with E-state index < -0.39 is 27.4 Å². The molecule has 106 valence electrons. The fourth-order valence-corrected chi connectivity index (χ4v) is 1.58. The average Bonchev–Trinajstić information content (AvgIpc) is 2.31. The van der Waals surface area contributed by atoms with Crippen LogP contribution in [0.15, 0.2) is 26.8 Å². The van der Waals surface area contributed by atoms with Gasteiger partial charge in [-0.2, -0.15) is 5.10 Å². The molecule has 1 rings (SSSR count). The zero-order valence-corrected chi connectivity index (χ0v) is 11.1. The Balaban J connectivity index is 2.98. The summed E-state index contributed by atoms with van der Waals surface area (Å²) in [5.74, 6) is -1.19. The predicted molar refractivity (Wildman–Crippen MR) is 71.8 cm³/mol. The average molecular weight is 347 g/mol. The molecule has 12 heteroatoms. The molecule has 0 spiro atoms. The number of nitrogens with one attached hydrogen (secondary N) is 1. The Morgan fingerprint density at radius 1 is 1.45 bits per heavy atom. The first-order valence-corrected chi connectivity index (χ1v) is 5.55. The molecule has 0 unspecified atom stereocenters. The molecule has 11 nitrogen and oxygen atoms in total. The normalized spacial score (nSPS) is 11.6. The molecule has 0 saturated heterocycles. The maximum Gasteiger partial charge on any atom is 0.312 e. The van der Waals surface area contributed by atoms with Crippen molar-refractivity contribution in [1.82, 2.24) is 5.43 Å². The van der Waals surface area contributed by atoms with Gasteiger partial charge in [-0.15, -0.1) is 0 Å². The van der Waals surface area contributed by atoms with E-state index in [0.29, 0.717) is 4.47 Å². The van der Waals surface area contributed by atoms with E-state index in [9.17, 15) is 25.3 Å². The highest BCUT2D eigenvalue weighted by Gasteiger charge is 2.17. The molecule has 1 aromatic carbocycles. The summed E-state index contributed by atoms with van der Waals surface area (Å²) in [5.41, 5.74) is 6.59. The number of nitro benzene ring substituents is 1. The fraction of sp³-hybridized carbons (Fsp3) is 0. The second kappa shape index (κ2) is 6.42. The zero-order chi connectivity index (χ0) is 15.3. The van der Waals surface area contributed by atoms with Crippen molar-refractivity contribution < 1.29 is 15.1 Å². The number of nitro groups is 2. The molecular weight excluding hydrogens is 340 g/mol. The second-order valence-corrected chi connectivity index (χ2v) is 4.13. The van der Waals surface area contributed by atoms with Crippen LogP contribution < -0.4 is 11.2 Å². The van der Waals surface area contributed by atoms with Crippen molar-refractivity contribution in [2.75, 3.05) is 0 Å². The monoisotopic (exact) mass is 346 g/mol. The summed E-state index contributed by atoms with van der Waals surface area (Å²) in [6.45, 7) is 0. The van der Waals surface area contributed by atoms with E-state index in [0.717, 1.165) is 12.3 Å². The molecule has 0 aliphatic rings. The number of rotatable bonds is 4. The number of hydrazone groups is 2. The molecule has 20 heavy (non-hydrogen) atoms. The summed E-state index contributed by atoms with van der Waals surface area (Å²) >= 11 is 3.03. The Morgan fingerprint density at radius 3 is 2.65 bits per heavy atom. The Labute approximate surface area is 119 Å². The van der Waals surface area contributed by atoms with Crippen LogP contribution in [0.4, 0.5) is 5.69 Å². The van der Waals surface area contributed by atoms with Crippen LogP contribution in [0.2, 0.25) is 0 Å². The molecule has 0 atom stereocenters. The minimum atomic E-state index is -1.03. The molecule has 1 aromatic rings. The van der Waals surface area contributed by atoms with Gasteiger partial charge in [-0.3, -0.25) is 10.1 Å². The topological polar surface area (TPSA) is 169 Å². The van der Waals surface area contributed by atoms with Crippen molar-refractivity contribution in [2.45, 2.75) is 0 Å². The highest BCUT2D eigenvalue weighted by Crippen LogP contribution is 2.32. The molecule has 0 aliphatic carbocycles. The highest BCUT2D eigenvalue weighted by molar-refractivity contribution is 9.10. The number of nitrogens with two attached hydrogens (primary N) is 1. The fourth-order valence-electron chi connectivity index (χ4n) is 1.12. The van der Waals surface area contributed by atoms with Crippen molar-refractivity contribution in [2.24, 2.45) is 15.9 Å². The summed E-state index contributed by atoms with van der Waals surface area (Å²) < 4.78 is 0.343. The number of hydrogen-bond donors (Lipinski definition) is 3. The largest absolute Gasteiger partial charge is 0.502 e. The predicted octanol–water partition coefficient (Wildman–Crippen LogP) is 0.493. The molecule has 0 aromatic heterocycles. The molecule has 0 heterocycles. The van der Waals surface area contributed by atoms with E-state index in [1.165, 1.54) is 6.07 Å². The number of halogens is 1. The summed E-state index contributed by atoms with van der Waals surface area (Å²) in [4.78, 5) is 19.9. The molecule has 0 aliphatic heterocycles. The number of phenols is 1. The van der Waals surface area contributed by atoms with E-state index >= 15 is 0 Å². The van der Waals surface area contributed by atoms with Gasteiger partial charge in [-0.05, 0) is 6.07 Å². The van der Waals surface area contributed by atoms with Gasteiger partial charge in [0.1, 0.15) is 5.10 Å². The zero-order valence-electron chi connectivity index (χ0n) is 9.56. The number of benzene rings is 1. The van der Waals surface area contributed by atoms with Crippen molar-refractivity contribution in [3.8, 4) is 5.75 Å². The lowest BCUT2D eigenvalue weighted by molar-refractivity contribution is -0.485. The molecule has 0 amide bonds. The molecule has 0 bridgehead atoms. The van der Waals surface area contributed by atoms with Gasteiger partial charge in [0.05, 0.1) is 11.1 Å². The Morgan fingerprint density at radius 2 is 2.10 bits per heavy atom. The van der Waals surface area contributed by atoms with Gasteiger partial charge in [0.25, 0.3) is 5.96 Å². The lowest BCUT2D eigenvalue weighted by atomic mass is 10.2. The molecule has 0 radical (unpaired) electrons. The molecule has 0 saturated carbocycles. The third-order valence-corrected chi connectivity index (χ3v) is 2.31. The van der Waals surface area contributed by atoms with Gasteiger partial charge in [-0.25, -0.2) is 15.5 Å². The van der Waals surface area contributed by atoms with E-state index in [2.05, 4.69) is 26.1 Å². The second-order valence-electron chi connectivity index (χ2n) is 3.21. The summed E-state index contributed by atoms with van der Waals surface area (Å²) in [7, 11) is 0. The van der Waals surface area contributed by atoms with Crippen LogP contribution >= 0.6 is 15.9 Å². The first-order valence-electron chi connectivity index (χ1n) is 4.75. The van der Waals surface area contributed by atoms with E-state index in [-0.39, 0.29) is 5.56 Å². The van der Waals surface area contributed by atoms with E-state index in [1.807, 2.05) is 5.43 Å². The van der Waals surface area contributed by atoms with Crippen LogP contribution in [0.5, 0.6) is 5.75 Å². The Bertz CT molecular complexity index is 616. The smallest absolute Gasteiger partial charge is 0.312 e. The number of nitrogens with zero attached hydrogens (tertiary/aromatic N) is 4. The Hall–Kier alpha value is -2.76. The summed E-state index contributed by atoms with van der Waals surface area (Å²) in [5, 5.41) is 35.4. The van der Waals surface area contributed by atoms with Gasteiger partial charge in [0.15, 0.2) is 5.03 Å². The van der Waals surface area contributed by atoms with E-state index in [4.69, 9.17) is 5.73 Å². The summed E-state index contributed by atoms with van der Waals surface area (Å²) in [6, 6.07) is 2.47. The standard InChI is InChI=1S/C8H7BrN6O5/c9-5-1-4(7(16)6(2-5)14(17)18)3-11-12-8(10)13-15(19)20/h1-3,16H,(H3,10,12,13). The van der Waals surface area contributed by atoms with Crippen LogP contribution in [0, 0.1) is 20.2 Å². The van der Waals surface area contributed by atoms with Gasteiger partial charge in [-0.1, -0.05) is 15.9 Å². The first kappa shape index (κ1) is 15.3. The third kappa shape index (κ3) is 4.16. The van der Waals surface area contributed by atoms with Gasteiger partial charge >= 0.3 is 5.69 Å². The lowest BCUT2D eigenvalue weighted by Crippen LogP contribution is -2.28. The molecule has 0 fully saturated rings. The van der Waals surface area contributed by atoms with E-state index in [1.54, 1.807) is 0 Å². The lowest BCUT2D eigenvalue weighted by Gasteiger charge is -2.01. The Kier molecular flexibility index (Phi) is 4.91. The minimum absolute atomic E-state index is 0.00692. The number of guanidine groups is 1. The SMILES string of the molecule is N/C(=N\[N+](=O)[O-])NN=Cc1cc(Br)cc([N+](=O)[O-])c1O. The van der Waals surface area contributed by atoms with Gasteiger partial charge in [0, 0.05) is 16.1 Å². The number of phenolic OH excluding ortho intramolecular Hbond substituents is 1. The van der Waals surface area contributed by atoms with Gasteiger partial charge in [0.2, 0.25) is 5.75 Å². The van der Waals surface area contributed by atoms with Crippen molar-refractivity contribution >= 4 is 33.8 Å². The van der Waals surface area contributed by atoms with Crippen LogP contribution in [0.1, 0.15) is 5.56 Å². The number of hydrogen-bond acceptors (Lipinski definition) is 6. The van der Waals surface area contributed by atoms with Gasteiger partial charge < -0.3 is 10.8 Å². The van der Waals surface area contributed by atoms with Crippen LogP contribution in [-0.4, -0.2) is 27.2 Å². The maximum absolute atomic E-state index is 10.7. The quantitative estimate of drug-likeness (QED) is 0.308. The van der Waals surface area contributed by atoms with Crippen LogP contribution in [-0.2, 0) is 0 Å². The molecule has 4 N–H and O–H groups in total. The third-order valence-electron chi connectivity index (χ3n) is 1.85. The van der Waals surface area contributed by atoms with Crippen molar-refractivity contribution in [3.63, 3.8) is 0 Å². The maximum atomic E-state index is 10.7. The van der Waals surface area contributed by atoms with Crippen molar-refractivity contribution in [3.05, 3.63) is 42.4 Å².